The molecule has 0 heterocycles. The summed E-state index contributed by atoms with van der Waals surface area (Å²) in [5.74, 6) is 0.221. The lowest BCUT2D eigenvalue weighted by Gasteiger charge is -2.20. The zero-order valence-corrected chi connectivity index (χ0v) is 12.1. The van der Waals surface area contributed by atoms with Crippen molar-refractivity contribution < 1.29 is 9.53 Å². The van der Waals surface area contributed by atoms with Crippen molar-refractivity contribution >= 4 is 5.91 Å². The van der Waals surface area contributed by atoms with Crippen molar-refractivity contribution in [2.24, 2.45) is 5.73 Å². The Kier molecular flexibility index (Phi) is 6.53. The predicted molar refractivity (Wildman–Crippen MR) is 76.9 cm³/mol. The van der Waals surface area contributed by atoms with Gasteiger partial charge in [-0.05, 0) is 17.0 Å². The molecule has 1 amide bonds. The molecular weight excluding hydrogens is 240 g/mol. The quantitative estimate of drug-likeness (QED) is 0.778. The van der Waals surface area contributed by atoms with Crippen molar-refractivity contribution in [2.75, 3.05) is 26.8 Å². The first-order chi connectivity index (χ1) is 9.02. The number of nitrogens with zero attached hydrogens (tertiary/aromatic N) is 1. The molecule has 0 atom stereocenters. The number of ether oxygens (including phenoxy) is 1. The maximum atomic E-state index is 11.0. The second-order valence-corrected chi connectivity index (χ2v) is 5.07. The Morgan fingerprint density at radius 2 is 1.95 bits per heavy atom. The van der Waals surface area contributed by atoms with Gasteiger partial charge in [0.25, 0.3) is 0 Å². The van der Waals surface area contributed by atoms with Gasteiger partial charge < -0.3 is 10.5 Å². The highest BCUT2D eigenvalue weighted by Gasteiger charge is 2.09. The van der Waals surface area contributed by atoms with Crippen LogP contribution >= 0.6 is 0 Å². The van der Waals surface area contributed by atoms with E-state index in [0.717, 1.165) is 0 Å². The first kappa shape index (κ1) is 15.7. The van der Waals surface area contributed by atoms with E-state index in [1.54, 1.807) is 7.11 Å². The lowest BCUT2D eigenvalue weighted by atomic mass is 10.0. The molecule has 0 bridgehead atoms. The molecule has 0 radical (unpaired) electrons. The van der Waals surface area contributed by atoms with E-state index in [2.05, 4.69) is 38.1 Å². The number of carbonyl (C=O) groups is 1. The third kappa shape index (κ3) is 5.85. The van der Waals surface area contributed by atoms with Gasteiger partial charge in [-0.25, -0.2) is 0 Å². The van der Waals surface area contributed by atoms with E-state index in [-0.39, 0.29) is 12.5 Å². The van der Waals surface area contributed by atoms with E-state index in [0.29, 0.717) is 25.6 Å². The van der Waals surface area contributed by atoms with Gasteiger partial charge in [-0.3, -0.25) is 9.69 Å². The van der Waals surface area contributed by atoms with E-state index in [1.165, 1.54) is 11.1 Å². The maximum absolute atomic E-state index is 11.0. The van der Waals surface area contributed by atoms with Crippen LogP contribution in [-0.2, 0) is 16.1 Å². The van der Waals surface area contributed by atoms with E-state index in [4.69, 9.17) is 10.5 Å². The minimum Gasteiger partial charge on any atom is -0.383 e. The second kappa shape index (κ2) is 7.92. The molecule has 0 saturated carbocycles. The van der Waals surface area contributed by atoms with Gasteiger partial charge in [-0.2, -0.15) is 0 Å². The molecular formula is C15H24N2O2. The van der Waals surface area contributed by atoms with Crippen LogP contribution in [0, 0.1) is 0 Å². The van der Waals surface area contributed by atoms with Crippen molar-refractivity contribution in [3.05, 3.63) is 35.4 Å². The van der Waals surface area contributed by atoms with Crippen LogP contribution in [0.4, 0.5) is 0 Å². The predicted octanol–water partition coefficient (Wildman–Crippen LogP) is 1.74. The topological polar surface area (TPSA) is 55.6 Å². The monoisotopic (exact) mass is 264 g/mol. The van der Waals surface area contributed by atoms with Crippen LogP contribution in [0.2, 0.25) is 0 Å². The number of primary amides is 1. The summed E-state index contributed by atoms with van der Waals surface area (Å²) in [5, 5.41) is 0. The van der Waals surface area contributed by atoms with Crippen molar-refractivity contribution in [3.63, 3.8) is 0 Å². The van der Waals surface area contributed by atoms with Crippen LogP contribution in [0.15, 0.2) is 24.3 Å². The molecule has 1 rings (SSSR count). The normalized spacial score (nSPS) is 11.2. The molecule has 0 aromatic heterocycles. The number of nitrogens with two attached hydrogens (primary N) is 1. The lowest BCUT2D eigenvalue weighted by molar-refractivity contribution is -0.119. The number of amides is 1. The SMILES string of the molecule is COCCN(CC(N)=O)Cc1ccc(C(C)C)cc1. The Morgan fingerprint density at radius 3 is 2.42 bits per heavy atom. The van der Waals surface area contributed by atoms with E-state index in [1.807, 2.05) is 4.90 Å². The van der Waals surface area contributed by atoms with Gasteiger partial charge in [0.1, 0.15) is 0 Å². The molecule has 106 valence electrons. The summed E-state index contributed by atoms with van der Waals surface area (Å²) in [4.78, 5) is 13.0. The molecule has 4 heteroatoms. The molecule has 0 spiro atoms. The molecule has 19 heavy (non-hydrogen) atoms. The molecule has 1 aromatic carbocycles. The number of benzene rings is 1. The number of hydrogen-bond donors (Lipinski definition) is 1. The minimum atomic E-state index is -0.310. The number of methoxy groups -OCH3 is 1. The molecule has 0 aliphatic heterocycles. The largest absolute Gasteiger partial charge is 0.383 e. The molecule has 0 aliphatic carbocycles. The summed E-state index contributed by atoms with van der Waals surface area (Å²) >= 11 is 0. The van der Waals surface area contributed by atoms with Crippen molar-refractivity contribution in [2.45, 2.75) is 26.3 Å². The summed E-state index contributed by atoms with van der Waals surface area (Å²) < 4.78 is 5.05. The highest BCUT2D eigenvalue weighted by atomic mass is 16.5. The van der Waals surface area contributed by atoms with Crippen LogP contribution < -0.4 is 5.73 Å². The first-order valence-corrected chi connectivity index (χ1v) is 6.61. The smallest absolute Gasteiger partial charge is 0.231 e. The third-order valence-corrected chi connectivity index (χ3v) is 3.04. The van der Waals surface area contributed by atoms with Crippen LogP contribution in [0.25, 0.3) is 0 Å². The Bertz CT molecular complexity index is 388. The summed E-state index contributed by atoms with van der Waals surface area (Å²) in [6, 6.07) is 8.49. The number of rotatable bonds is 8. The van der Waals surface area contributed by atoms with Gasteiger partial charge in [-0.15, -0.1) is 0 Å². The van der Waals surface area contributed by atoms with Crippen LogP contribution in [0.5, 0.6) is 0 Å². The molecule has 0 saturated heterocycles. The van der Waals surface area contributed by atoms with Crippen molar-refractivity contribution in [3.8, 4) is 0 Å². The van der Waals surface area contributed by atoms with E-state index < -0.39 is 0 Å². The summed E-state index contributed by atoms with van der Waals surface area (Å²) in [6.45, 7) is 6.61. The average Bonchev–Trinajstić information content (AvgIpc) is 2.36. The zero-order chi connectivity index (χ0) is 14.3. The van der Waals surface area contributed by atoms with Gasteiger partial charge in [-0.1, -0.05) is 38.1 Å². The standard InChI is InChI=1S/C15H24N2O2/c1-12(2)14-6-4-13(5-7-14)10-17(8-9-19-3)11-15(16)18/h4-7,12H,8-11H2,1-3H3,(H2,16,18). The Balaban J connectivity index is 2.63. The Hall–Kier alpha value is -1.39. The minimum absolute atomic E-state index is 0.259. The molecule has 0 fully saturated rings. The van der Waals surface area contributed by atoms with Crippen molar-refractivity contribution in [1.82, 2.24) is 4.90 Å². The highest BCUT2D eigenvalue weighted by molar-refractivity contribution is 5.75. The third-order valence-electron chi connectivity index (χ3n) is 3.04. The van der Waals surface area contributed by atoms with Crippen LogP contribution in [0.3, 0.4) is 0 Å². The molecule has 0 aliphatic rings. The summed E-state index contributed by atoms with van der Waals surface area (Å²) in [7, 11) is 1.65. The fraction of sp³-hybridized carbons (Fsp3) is 0.533. The van der Waals surface area contributed by atoms with E-state index in [9.17, 15) is 4.79 Å². The molecule has 4 nitrogen and oxygen atoms in total. The van der Waals surface area contributed by atoms with Gasteiger partial charge in [0.2, 0.25) is 5.91 Å². The highest BCUT2D eigenvalue weighted by Crippen LogP contribution is 2.15. The average molecular weight is 264 g/mol. The van der Waals surface area contributed by atoms with Crippen LogP contribution in [0.1, 0.15) is 30.9 Å². The van der Waals surface area contributed by atoms with Gasteiger partial charge >= 0.3 is 0 Å². The Labute approximate surface area is 115 Å². The maximum Gasteiger partial charge on any atom is 0.231 e. The van der Waals surface area contributed by atoms with Crippen molar-refractivity contribution in [1.29, 1.82) is 0 Å². The molecule has 2 N–H and O–H groups in total. The number of hydrogen-bond acceptors (Lipinski definition) is 3. The zero-order valence-electron chi connectivity index (χ0n) is 12.1. The lowest BCUT2D eigenvalue weighted by Crippen LogP contribution is -2.35. The number of carbonyl (C=O) groups excluding carboxylic acids is 1. The van der Waals surface area contributed by atoms with Crippen LogP contribution in [-0.4, -0.2) is 37.6 Å². The fourth-order valence-electron chi connectivity index (χ4n) is 1.92. The van der Waals surface area contributed by atoms with Gasteiger partial charge in [0.15, 0.2) is 0 Å². The molecule has 0 unspecified atom stereocenters. The summed E-state index contributed by atoms with van der Waals surface area (Å²) in [5.41, 5.74) is 7.76. The first-order valence-electron chi connectivity index (χ1n) is 6.61. The van der Waals surface area contributed by atoms with E-state index >= 15 is 0 Å². The molecule has 1 aromatic rings. The summed E-state index contributed by atoms with van der Waals surface area (Å²) in [6.07, 6.45) is 0. The van der Waals surface area contributed by atoms with Gasteiger partial charge in [0, 0.05) is 20.2 Å². The second-order valence-electron chi connectivity index (χ2n) is 5.07. The fourth-order valence-corrected chi connectivity index (χ4v) is 1.92. The Morgan fingerprint density at radius 1 is 1.32 bits per heavy atom. The van der Waals surface area contributed by atoms with Gasteiger partial charge in [0.05, 0.1) is 13.2 Å².